The summed E-state index contributed by atoms with van der Waals surface area (Å²) in [7, 11) is 0. The second kappa shape index (κ2) is 13.9. The van der Waals surface area contributed by atoms with Crippen LogP contribution in [0, 0.1) is 35.5 Å². The Morgan fingerprint density at radius 1 is 0.633 bits per heavy atom. The average molecular weight is 419 g/mol. The summed E-state index contributed by atoms with van der Waals surface area (Å²) in [6.45, 7) is 2.12. The third kappa shape index (κ3) is 7.98. The first-order valence-corrected chi connectivity index (χ1v) is 14.0. The molecule has 3 aliphatic rings. The van der Waals surface area contributed by atoms with Gasteiger partial charge in [-0.2, -0.15) is 0 Å². The van der Waals surface area contributed by atoms with Gasteiger partial charge in [-0.1, -0.05) is 70.4 Å². The second-order valence-electron chi connectivity index (χ2n) is 11.2. The summed E-state index contributed by atoms with van der Waals surface area (Å²) in [5, 5.41) is 0. The highest BCUT2D eigenvalue weighted by Crippen LogP contribution is 2.46. The van der Waals surface area contributed by atoms with Crippen molar-refractivity contribution in [3.05, 3.63) is 12.2 Å². The van der Waals surface area contributed by atoms with E-state index < -0.39 is 0 Å². The van der Waals surface area contributed by atoms with Gasteiger partial charge in [0.2, 0.25) is 0 Å². The minimum absolute atomic E-state index is 0.199. The zero-order valence-electron chi connectivity index (χ0n) is 20.1. The van der Waals surface area contributed by atoms with Crippen molar-refractivity contribution < 1.29 is 4.39 Å². The number of rotatable bonds is 11. The van der Waals surface area contributed by atoms with Crippen LogP contribution < -0.4 is 0 Å². The molecule has 0 nitrogen and oxygen atoms in total. The molecule has 0 N–H and O–H groups in total. The van der Waals surface area contributed by atoms with Crippen molar-refractivity contribution in [1.82, 2.24) is 0 Å². The van der Waals surface area contributed by atoms with Gasteiger partial charge in [0.05, 0.1) is 6.67 Å². The van der Waals surface area contributed by atoms with Crippen LogP contribution >= 0.6 is 0 Å². The normalized spacial score (nSPS) is 35.7. The lowest BCUT2D eigenvalue weighted by atomic mass is 9.65. The topological polar surface area (TPSA) is 0 Å². The Kier molecular flexibility index (Phi) is 11.3. The smallest absolute Gasteiger partial charge is 0.0928 e. The van der Waals surface area contributed by atoms with Crippen LogP contribution in [0.2, 0.25) is 0 Å². The first kappa shape index (κ1) is 24.3. The molecular weight excluding hydrogens is 367 g/mol. The summed E-state index contributed by atoms with van der Waals surface area (Å²) in [4.78, 5) is 0. The van der Waals surface area contributed by atoms with Crippen molar-refractivity contribution in [3.8, 4) is 0 Å². The van der Waals surface area contributed by atoms with E-state index in [1.807, 2.05) is 0 Å². The van der Waals surface area contributed by atoms with Crippen molar-refractivity contribution in [2.24, 2.45) is 35.5 Å². The molecule has 0 aromatic heterocycles. The molecule has 0 amide bonds. The Balaban J connectivity index is 1.27. The van der Waals surface area contributed by atoms with Gasteiger partial charge < -0.3 is 0 Å². The molecule has 0 spiro atoms. The van der Waals surface area contributed by atoms with Crippen LogP contribution in [0.25, 0.3) is 0 Å². The molecule has 174 valence electrons. The van der Waals surface area contributed by atoms with E-state index in [1.54, 1.807) is 12.8 Å². The highest BCUT2D eigenvalue weighted by Gasteiger charge is 2.34. The first-order valence-electron chi connectivity index (χ1n) is 14.0. The van der Waals surface area contributed by atoms with Crippen LogP contribution in [0.1, 0.15) is 129 Å². The van der Waals surface area contributed by atoms with Gasteiger partial charge in [-0.25, -0.2) is 0 Å². The Morgan fingerprint density at radius 2 is 1.13 bits per heavy atom. The minimum Gasteiger partial charge on any atom is -0.251 e. The summed E-state index contributed by atoms with van der Waals surface area (Å²) in [6.07, 6.45) is 31.7. The maximum atomic E-state index is 12.3. The lowest BCUT2D eigenvalue weighted by Gasteiger charge is -2.41. The van der Waals surface area contributed by atoms with Crippen molar-refractivity contribution in [2.75, 3.05) is 6.67 Å². The molecule has 0 heterocycles. The summed E-state index contributed by atoms with van der Waals surface area (Å²) in [6, 6.07) is 0. The monoisotopic (exact) mass is 418 g/mol. The molecule has 0 bridgehead atoms. The largest absolute Gasteiger partial charge is 0.251 e. The van der Waals surface area contributed by atoms with Gasteiger partial charge >= 0.3 is 0 Å². The third-order valence-electron chi connectivity index (χ3n) is 9.26. The number of hydrogen-bond acceptors (Lipinski definition) is 0. The number of unbranched alkanes of at least 4 members (excludes halogenated alkanes) is 4. The second-order valence-corrected chi connectivity index (χ2v) is 11.2. The van der Waals surface area contributed by atoms with E-state index >= 15 is 0 Å². The molecular formula is C29H51F. The zero-order chi connectivity index (χ0) is 21.0. The third-order valence-corrected chi connectivity index (χ3v) is 9.26. The summed E-state index contributed by atoms with van der Waals surface area (Å²) in [5.74, 6) is 5.96. The number of halogens is 1. The number of alkyl halides is 1. The Morgan fingerprint density at radius 3 is 1.67 bits per heavy atom. The van der Waals surface area contributed by atoms with Crippen molar-refractivity contribution >= 4 is 0 Å². The lowest BCUT2D eigenvalue weighted by molar-refractivity contribution is 0.107. The molecule has 0 saturated heterocycles. The van der Waals surface area contributed by atoms with Crippen molar-refractivity contribution in [1.29, 1.82) is 0 Å². The molecule has 0 atom stereocenters. The molecule has 3 rings (SSSR count). The maximum Gasteiger partial charge on any atom is 0.0928 e. The maximum absolute atomic E-state index is 12.3. The van der Waals surface area contributed by atoms with Gasteiger partial charge in [-0.3, -0.25) is 4.39 Å². The summed E-state index contributed by atoms with van der Waals surface area (Å²) >= 11 is 0. The molecule has 1 heteroatoms. The van der Waals surface area contributed by atoms with Gasteiger partial charge in [0, 0.05) is 0 Å². The SMILES string of the molecule is CCCCCCC[C@H]1CC[C@H](C2CCC([C@H]3CC[C@H](/C=C/CCF)CC3)CC2)CC1. The molecule has 0 aliphatic heterocycles. The van der Waals surface area contributed by atoms with Crippen LogP contribution in [0.4, 0.5) is 4.39 Å². The molecule has 0 aromatic carbocycles. The zero-order valence-corrected chi connectivity index (χ0v) is 20.1. The van der Waals surface area contributed by atoms with Gasteiger partial charge in [0.25, 0.3) is 0 Å². The van der Waals surface area contributed by atoms with E-state index in [-0.39, 0.29) is 6.67 Å². The van der Waals surface area contributed by atoms with E-state index in [4.69, 9.17) is 0 Å². The lowest BCUT2D eigenvalue weighted by Crippen LogP contribution is -2.29. The van der Waals surface area contributed by atoms with Crippen LogP contribution in [0.5, 0.6) is 0 Å². The van der Waals surface area contributed by atoms with Crippen LogP contribution in [0.3, 0.4) is 0 Å². The number of hydrogen-bond donors (Lipinski definition) is 0. The fraction of sp³-hybridized carbons (Fsp3) is 0.931. The molecule has 0 unspecified atom stereocenters. The Labute approximate surface area is 187 Å². The highest BCUT2D eigenvalue weighted by atomic mass is 19.1. The Hall–Kier alpha value is -0.330. The Bertz CT molecular complexity index is 445. The first-order chi connectivity index (χ1) is 14.8. The van der Waals surface area contributed by atoms with Crippen molar-refractivity contribution in [2.45, 2.75) is 129 Å². The highest BCUT2D eigenvalue weighted by molar-refractivity contribution is 4.93. The molecule has 0 radical (unpaired) electrons. The van der Waals surface area contributed by atoms with Gasteiger partial charge in [-0.15, -0.1) is 0 Å². The van der Waals surface area contributed by atoms with Gasteiger partial charge in [0.15, 0.2) is 0 Å². The van der Waals surface area contributed by atoms with Crippen LogP contribution in [-0.2, 0) is 0 Å². The molecule has 3 fully saturated rings. The van der Waals surface area contributed by atoms with Gasteiger partial charge in [-0.05, 0) is 106 Å². The van der Waals surface area contributed by atoms with E-state index in [0.29, 0.717) is 6.42 Å². The van der Waals surface area contributed by atoms with E-state index in [2.05, 4.69) is 19.1 Å². The molecule has 0 aromatic rings. The van der Waals surface area contributed by atoms with Crippen LogP contribution in [-0.4, -0.2) is 6.67 Å². The van der Waals surface area contributed by atoms with Crippen LogP contribution in [0.15, 0.2) is 12.2 Å². The van der Waals surface area contributed by atoms with Gasteiger partial charge in [0.1, 0.15) is 0 Å². The van der Waals surface area contributed by atoms with E-state index in [1.165, 1.54) is 103 Å². The van der Waals surface area contributed by atoms with E-state index in [9.17, 15) is 4.39 Å². The summed E-state index contributed by atoms with van der Waals surface area (Å²) in [5.41, 5.74) is 0. The quantitative estimate of drug-likeness (QED) is 0.231. The fourth-order valence-electron chi connectivity index (χ4n) is 7.23. The fourth-order valence-corrected chi connectivity index (χ4v) is 7.23. The molecule has 30 heavy (non-hydrogen) atoms. The molecule has 3 saturated carbocycles. The van der Waals surface area contributed by atoms with Crippen molar-refractivity contribution in [3.63, 3.8) is 0 Å². The standard InChI is InChI=1S/C29H51F/c1-2-3-4-5-6-9-24-11-15-26(16-12-24)28-19-21-29(22-20-28)27-17-13-25(14-18-27)10-7-8-23-30/h7,10,24-29H,2-6,8-9,11-23H2,1H3/b10-7+/t24-,25-,26-,27-,28?,29?. The average Bonchev–Trinajstić information content (AvgIpc) is 2.80. The van der Waals surface area contributed by atoms with E-state index in [0.717, 1.165) is 35.5 Å². The predicted molar refractivity (Wildman–Crippen MR) is 129 cm³/mol. The minimum atomic E-state index is -0.199. The molecule has 3 aliphatic carbocycles. The predicted octanol–water partition coefficient (Wildman–Crippen LogP) is 9.68. The number of allylic oxidation sites excluding steroid dienone is 2. The summed E-state index contributed by atoms with van der Waals surface area (Å²) < 4.78 is 12.3.